The second kappa shape index (κ2) is 4.59. The SMILES string of the molecule is Fc1cc([SH]2C=CC=C2)ccc1[SH]1C=CC=C1. The molecule has 0 aliphatic carbocycles. The van der Waals surface area contributed by atoms with E-state index in [1.807, 2.05) is 30.4 Å². The fourth-order valence-corrected chi connectivity index (χ4v) is 4.94. The fraction of sp³-hybridized carbons (Fsp3) is 0. The van der Waals surface area contributed by atoms with Crippen LogP contribution in [0.5, 0.6) is 0 Å². The van der Waals surface area contributed by atoms with Crippen molar-refractivity contribution >= 4 is 21.8 Å². The Morgan fingerprint density at radius 1 is 0.765 bits per heavy atom. The Labute approximate surface area is 106 Å². The molecule has 0 spiro atoms. The zero-order chi connectivity index (χ0) is 11.7. The number of benzene rings is 1. The van der Waals surface area contributed by atoms with Crippen LogP contribution in [0.1, 0.15) is 0 Å². The van der Waals surface area contributed by atoms with Gasteiger partial charge in [-0.25, -0.2) is 4.39 Å². The molecule has 0 atom stereocenters. The Morgan fingerprint density at radius 2 is 1.35 bits per heavy atom. The molecule has 0 unspecified atom stereocenters. The summed E-state index contributed by atoms with van der Waals surface area (Å²) in [6.45, 7) is 0. The number of allylic oxidation sites excluding steroid dienone is 4. The monoisotopic (exact) mass is 264 g/mol. The molecule has 1 aromatic carbocycles. The van der Waals surface area contributed by atoms with Gasteiger partial charge in [-0.2, -0.15) is 21.8 Å². The minimum atomic E-state index is -0.551. The molecule has 0 fully saturated rings. The van der Waals surface area contributed by atoms with Crippen molar-refractivity contribution in [3.8, 4) is 0 Å². The fourth-order valence-electron chi connectivity index (χ4n) is 1.87. The van der Waals surface area contributed by atoms with E-state index in [9.17, 15) is 4.39 Å². The molecule has 0 bridgehead atoms. The summed E-state index contributed by atoms with van der Waals surface area (Å²) in [5.74, 6) is -0.0685. The maximum Gasteiger partial charge on any atom is 0.136 e. The van der Waals surface area contributed by atoms with Crippen LogP contribution in [0.2, 0.25) is 0 Å². The van der Waals surface area contributed by atoms with Crippen molar-refractivity contribution < 1.29 is 4.39 Å². The van der Waals surface area contributed by atoms with Gasteiger partial charge < -0.3 is 0 Å². The summed E-state index contributed by atoms with van der Waals surface area (Å²) in [5, 5.41) is 8.44. The van der Waals surface area contributed by atoms with Crippen LogP contribution in [0.15, 0.2) is 73.9 Å². The number of hydrogen-bond donors (Lipinski definition) is 2. The number of rotatable bonds is 2. The summed E-state index contributed by atoms with van der Waals surface area (Å²) in [4.78, 5) is 1.92. The maximum atomic E-state index is 14.1. The Balaban J connectivity index is 1.93. The van der Waals surface area contributed by atoms with E-state index in [0.717, 1.165) is 9.79 Å². The van der Waals surface area contributed by atoms with Crippen molar-refractivity contribution in [2.45, 2.75) is 9.79 Å². The summed E-state index contributed by atoms with van der Waals surface area (Å²) in [6.07, 6.45) is 8.05. The van der Waals surface area contributed by atoms with E-state index in [0.29, 0.717) is 0 Å². The summed E-state index contributed by atoms with van der Waals surface area (Å²) in [5.41, 5.74) is 0. The van der Waals surface area contributed by atoms with E-state index >= 15 is 0 Å². The van der Waals surface area contributed by atoms with Crippen LogP contribution in [0.4, 0.5) is 4.39 Å². The summed E-state index contributed by atoms with van der Waals surface area (Å²) >= 11 is 0. The molecule has 3 rings (SSSR count). The highest BCUT2D eigenvalue weighted by atomic mass is 32.2. The van der Waals surface area contributed by atoms with Crippen molar-refractivity contribution in [1.29, 1.82) is 0 Å². The highest BCUT2D eigenvalue weighted by Crippen LogP contribution is 2.47. The molecule has 2 aliphatic rings. The molecule has 0 radical (unpaired) electrons. The lowest BCUT2D eigenvalue weighted by molar-refractivity contribution is 0.598. The van der Waals surface area contributed by atoms with E-state index in [1.165, 1.54) is 0 Å². The minimum Gasteiger partial charge on any atom is -0.206 e. The third-order valence-electron chi connectivity index (χ3n) is 2.72. The van der Waals surface area contributed by atoms with Crippen LogP contribution in [-0.2, 0) is 0 Å². The second-order valence-corrected chi connectivity index (χ2v) is 7.64. The van der Waals surface area contributed by atoms with E-state index in [1.54, 1.807) is 6.07 Å². The van der Waals surface area contributed by atoms with Crippen LogP contribution in [0.3, 0.4) is 0 Å². The average molecular weight is 264 g/mol. The van der Waals surface area contributed by atoms with Gasteiger partial charge in [0.15, 0.2) is 0 Å². The molecule has 0 saturated heterocycles. The Morgan fingerprint density at radius 3 is 1.94 bits per heavy atom. The molecule has 17 heavy (non-hydrogen) atoms. The van der Waals surface area contributed by atoms with Gasteiger partial charge >= 0.3 is 0 Å². The summed E-state index contributed by atoms with van der Waals surface area (Å²) < 4.78 is 14.1. The predicted molar refractivity (Wildman–Crippen MR) is 77.5 cm³/mol. The first-order valence-corrected chi connectivity index (χ1v) is 8.37. The van der Waals surface area contributed by atoms with Crippen molar-refractivity contribution in [2.75, 3.05) is 0 Å². The van der Waals surface area contributed by atoms with Crippen LogP contribution in [-0.4, -0.2) is 0 Å². The normalized spacial score (nSPS) is 20.8. The van der Waals surface area contributed by atoms with Gasteiger partial charge in [-0.3, -0.25) is 0 Å². The molecule has 1 aromatic rings. The van der Waals surface area contributed by atoms with Gasteiger partial charge in [-0.05, 0) is 44.7 Å². The van der Waals surface area contributed by atoms with Crippen molar-refractivity contribution in [1.82, 2.24) is 0 Å². The van der Waals surface area contributed by atoms with E-state index in [4.69, 9.17) is 0 Å². The summed E-state index contributed by atoms with van der Waals surface area (Å²) in [7, 11) is -0.962. The second-order valence-electron chi connectivity index (χ2n) is 3.82. The van der Waals surface area contributed by atoms with E-state index in [2.05, 4.69) is 27.7 Å². The highest BCUT2D eigenvalue weighted by molar-refractivity contribution is 8.22. The number of halogens is 1. The first-order valence-electron chi connectivity index (χ1n) is 5.41. The topological polar surface area (TPSA) is 0 Å². The zero-order valence-corrected chi connectivity index (χ0v) is 10.9. The van der Waals surface area contributed by atoms with Gasteiger partial charge in [0, 0.05) is 4.90 Å². The first kappa shape index (κ1) is 10.9. The molecule has 88 valence electrons. The lowest BCUT2D eigenvalue weighted by Gasteiger charge is -2.15. The lowest BCUT2D eigenvalue weighted by atomic mass is 10.3. The van der Waals surface area contributed by atoms with Crippen molar-refractivity contribution in [3.63, 3.8) is 0 Å². The van der Waals surface area contributed by atoms with Crippen molar-refractivity contribution in [2.24, 2.45) is 0 Å². The highest BCUT2D eigenvalue weighted by Gasteiger charge is 2.11. The smallest absolute Gasteiger partial charge is 0.136 e. The van der Waals surface area contributed by atoms with Crippen LogP contribution < -0.4 is 0 Å². The zero-order valence-electron chi connectivity index (χ0n) is 9.12. The van der Waals surface area contributed by atoms with Gasteiger partial charge in [0.2, 0.25) is 0 Å². The van der Waals surface area contributed by atoms with Gasteiger partial charge in [-0.1, -0.05) is 24.3 Å². The third-order valence-corrected chi connectivity index (χ3v) is 6.48. The lowest BCUT2D eigenvalue weighted by Crippen LogP contribution is -1.85. The van der Waals surface area contributed by atoms with Gasteiger partial charge in [0.05, 0.1) is 0 Å². The Bertz CT molecular complexity index is 531. The van der Waals surface area contributed by atoms with Crippen LogP contribution >= 0.6 is 21.8 Å². The molecule has 0 saturated carbocycles. The number of thiol groups is 2. The molecule has 0 amide bonds. The minimum absolute atomic E-state index is 0.0685. The van der Waals surface area contributed by atoms with E-state index in [-0.39, 0.29) is 5.82 Å². The molecule has 2 heterocycles. The molecule has 0 nitrogen and oxygen atoms in total. The third kappa shape index (κ3) is 2.13. The average Bonchev–Trinajstić information content (AvgIpc) is 3.02. The van der Waals surface area contributed by atoms with Crippen LogP contribution in [0.25, 0.3) is 0 Å². The van der Waals surface area contributed by atoms with E-state index < -0.39 is 21.8 Å². The molecule has 2 aliphatic heterocycles. The largest absolute Gasteiger partial charge is 0.206 e. The van der Waals surface area contributed by atoms with Gasteiger partial charge in [0.1, 0.15) is 5.82 Å². The Kier molecular flexibility index (Phi) is 2.95. The number of hydrogen-bond acceptors (Lipinski definition) is 0. The summed E-state index contributed by atoms with van der Waals surface area (Å²) in [6, 6.07) is 5.70. The standard InChI is InChI=1S/C14H13FS2/c15-13-11-12(16-7-1-2-8-16)5-6-14(13)17-9-3-4-10-17/h1-11,16-17H. The van der Waals surface area contributed by atoms with Gasteiger partial charge in [0.25, 0.3) is 0 Å². The first-order chi connectivity index (χ1) is 8.34. The molecule has 0 aromatic heterocycles. The van der Waals surface area contributed by atoms with Gasteiger partial charge in [-0.15, -0.1) is 0 Å². The molecule has 0 N–H and O–H groups in total. The molecular weight excluding hydrogens is 251 g/mol. The van der Waals surface area contributed by atoms with Crippen molar-refractivity contribution in [3.05, 3.63) is 70.0 Å². The van der Waals surface area contributed by atoms with Crippen LogP contribution in [0, 0.1) is 5.82 Å². The molecular formula is C14H13FS2. The quantitative estimate of drug-likeness (QED) is 0.715. The maximum absolute atomic E-state index is 14.1. The Hall–Kier alpha value is -1.19. The molecule has 3 heteroatoms. The predicted octanol–water partition coefficient (Wildman–Crippen LogP) is 4.63.